The van der Waals surface area contributed by atoms with Crippen LogP contribution in [0.5, 0.6) is 0 Å². The molecule has 21 heavy (non-hydrogen) atoms. The highest BCUT2D eigenvalue weighted by Gasteiger charge is 2.46. The molecule has 10 N–H and O–H groups in total. The monoisotopic (exact) mass is 307 g/mol. The van der Waals surface area contributed by atoms with Crippen molar-refractivity contribution in [2.75, 3.05) is 6.54 Å². The van der Waals surface area contributed by atoms with Crippen molar-refractivity contribution in [2.24, 2.45) is 17.2 Å². The van der Waals surface area contributed by atoms with Crippen LogP contribution in [0.2, 0.25) is 0 Å². The molecule has 0 aromatic heterocycles. The molecule has 1 saturated heterocycles. The van der Waals surface area contributed by atoms with E-state index < -0.39 is 55.0 Å². The van der Waals surface area contributed by atoms with Gasteiger partial charge in [-0.2, -0.15) is 0 Å². The van der Waals surface area contributed by atoms with E-state index in [1.807, 2.05) is 0 Å². The van der Waals surface area contributed by atoms with Crippen molar-refractivity contribution in [2.45, 2.75) is 67.8 Å². The summed E-state index contributed by atoms with van der Waals surface area (Å²) in [7, 11) is 0. The van der Waals surface area contributed by atoms with E-state index in [2.05, 4.69) is 0 Å². The summed E-state index contributed by atoms with van der Waals surface area (Å²) in [6.07, 6.45) is -6.90. The third kappa shape index (κ3) is 3.52. The quantitative estimate of drug-likeness (QED) is 0.273. The highest BCUT2D eigenvalue weighted by atomic mass is 16.7. The maximum absolute atomic E-state index is 9.93. The number of hydrogen-bond donors (Lipinski definition) is 7. The summed E-state index contributed by atoms with van der Waals surface area (Å²) in [5.74, 6) is 0. The molecule has 0 bridgehead atoms. The summed E-state index contributed by atoms with van der Waals surface area (Å²) >= 11 is 0. The fourth-order valence-corrected chi connectivity index (χ4v) is 2.76. The van der Waals surface area contributed by atoms with Gasteiger partial charge in [-0.3, -0.25) is 0 Å². The molecule has 9 nitrogen and oxygen atoms in total. The SMILES string of the molecule is NCC1OC(OC2CC(O)C(N)CC2N)C(O)C(O)C1O. The van der Waals surface area contributed by atoms with E-state index >= 15 is 0 Å². The number of ether oxygens (including phenoxy) is 2. The van der Waals surface area contributed by atoms with Gasteiger partial charge in [0.2, 0.25) is 0 Å². The van der Waals surface area contributed by atoms with Gasteiger partial charge in [-0.05, 0) is 6.42 Å². The third-order valence-corrected chi connectivity index (χ3v) is 4.20. The Labute approximate surface area is 122 Å². The van der Waals surface area contributed by atoms with Gasteiger partial charge in [-0.25, -0.2) is 0 Å². The maximum Gasteiger partial charge on any atom is 0.186 e. The second kappa shape index (κ2) is 6.82. The first-order valence-corrected chi connectivity index (χ1v) is 7.09. The van der Waals surface area contributed by atoms with Gasteiger partial charge in [0.1, 0.15) is 24.4 Å². The smallest absolute Gasteiger partial charge is 0.186 e. The summed E-state index contributed by atoms with van der Waals surface area (Å²) in [5.41, 5.74) is 17.1. The fraction of sp³-hybridized carbons (Fsp3) is 1.00. The van der Waals surface area contributed by atoms with Crippen molar-refractivity contribution in [1.82, 2.24) is 0 Å². The zero-order valence-electron chi connectivity index (χ0n) is 11.7. The van der Waals surface area contributed by atoms with E-state index in [9.17, 15) is 20.4 Å². The molecule has 9 unspecified atom stereocenters. The Kier molecular flexibility index (Phi) is 5.52. The van der Waals surface area contributed by atoms with Crippen molar-refractivity contribution in [3.63, 3.8) is 0 Å². The van der Waals surface area contributed by atoms with Gasteiger partial charge in [0.15, 0.2) is 6.29 Å². The molecule has 1 aliphatic carbocycles. The van der Waals surface area contributed by atoms with E-state index in [0.29, 0.717) is 6.42 Å². The maximum atomic E-state index is 9.93. The minimum absolute atomic E-state index is 0.0327. The number of aliphatic hydroxyl groups excluding tert-OH is 4. The van der Waals surface area contributed by atoms with Crippen LogP contribution in [0.25, 0.3) is 0 Å². The van der Waals surface area contributed by atoms with Crippen LogP contribution >= 0.6 is 0 Å². The van der Waals surface area contributed by atoms with E-state index in [-0.39, 0.29) is 13.0 Å². The van der Waals surface area contributed by atoms with E-state index in [1.54, 1.807) is 0 Å². The minimum atomic E-state index is -1.43. The Morgan fingerprint density at radius 1 is 0.952 bits per heavy atom. The molecule has 9 heteroatoms. The average molecular weight is 307 g/mol. The van der Waals surface area contributed by atoms with Crippen LogP contribution in [0.4, 0.5) is 0 Å². The largest absolute Gasteiger partial charge is 0.391 e. The first-order valence-electron chi connectivity index (χ1n) is 7.09. The Morgan fingerprint density at radius 2 is 1.62 bits per heavy atom. The lowest BCUT2D eigenvalue weighted by Crippen LogP contribution is -2.62. The van der Waals surface area contributed by atoms with Gasteiger partial charge in [-0.1, -0.05) is 0 Å². The normalized spacial score (nSPS) is 51.9. The molecule has 9 atom stereocenters. The van der Waals surface area contributed by atoms with E-state index in [1.165, 1.54) is 0 Å². The highest BCUT2D eigenvalue weighted by Crippen LogP contribution is 2.27. The van der Waals surface area contributed by atoms with Crippen molar-refractivity contribution in [1.29, 1.82) is 0 Å². The zero-order chi connectivity index (χ0) is 15.7. The molecule has 2 rings (SSSR count). The van der Waals surface area contributed by atoms with Crippen molar-refractivity contribution >= 4 is 0 Å². The molecule has 1 heterocycles. The summed E-state index contributed by atoms with van der Waals surface area (Å²) in [6, 6.07) is -0.833. The Balaban J connectivity index is 2.01. The second-order valence-electron chi connectivity index (χ2n) is 5.79. The lowest BCUT2D eigenvalue weighted by molar-refractivity contribution is -0.309. The number of hydrogen-bond acceptors (Lipinski definition) is 9. The van der Waals surface area contributed by atoms with Gasteiger partial charge in [0.25, 0.3) is 0 Å². The fourth-order valence-electron chi connectivity index (χ4n) is 2.76. The number of nitrogens with two attached hydrogens (primary N) is 3. The van der Waals surface area contributed by atoms with Crippen LogP contribution in [-0.2, 0) is 9.47 Å². The molecule has 0 spiro atoms. The molecule has 0 aromatic carbocycles. The molecular formula is C12H25N3O6. The molecule has 1 aliphatic heterocycles. The molecular weight excluding hydrogens is 282 g/mol. The first kappa shape index (κ1) is 17.0. The van der Waals surface area contributed by atoms with Gasteiger partial charge >= 0.3 is 0 Å². The average Bonchev–Trinajstić information content (AvgIpc) is 2.45. The standard InChI is InChI=1S/C12H25N3O6/c13-3-8-9(17)10(18)11(19)12(21-8)20-7-2-6(16)4(14)1-5(7)15/h4-12,16-19H,1-3,13-15H2. The van der Waals surface area contributed by atoms with Crippen LogP contribution in [0.15, 0.2) is 0 Å². The molecule has 0 amide bonds. The van der Waals surface area contributed by atoms with Crippen molar-refractivity contribution < 1.29 is 29.9 Å². The summed E-state index contributed by atoms with van der Waals surface area (Å²) in [5, 5.41) is 39.2. The van der Waals surface area contributed by atoms with Crippen molar-refractivity contribution in [3.05, 3.63) is 0 Å². The molecule has 0 aromatic rings. The Bertz CT molecular complexity index is 347. The van der Waals surface area contributed by atoms with Gasteiger partial charge in [0.05, 0.1) is 12.2 Å². The van der Waals surface area contributed by atoms with Crippen LogP contribution in [-0.4, -0.2) is 82.0 Å². The summed E-state index contributed by atoms with van der Waals surface area (Å²) in [4.78, 5) is 0. The Hall–Kier alpha value is -0.360. The Morgan fingerprint density at radius 3 is 2.24 bits per heavy atom. The predicted octanol–water partition coefficient (Wildman–Crippen LogP) is -4.05. The van der Waals surface area contributed by atoms with Crippen LogP contribution in [0, 0.1) is 0 Å². The van der Waals surface area contributed by atoms with Crippen LogP contribution in [0.3, 0.4) is 0 Å². The van der Waals surface area contributed by atoms with E-state index in [4.69, 9.17) is 26.7 Å². The number of aliphatic hydroxyl groups is 4. The molecule has 0 radical (unpaired) electrons. The molecule has 2 aliphatic rings. The van der Waals surface area contributed by atoms with Gasteiger partial charge in [-0.15, -0.1) is 0 Å². The summed E-state index contributed by atoms with van der Waals surface area (Å²) < 4.78 is 11.0. The summed E-state index contributed by atoms with van der Waals surface area (Å²) in [6.45, 7) is -0.0327. The van der Waals surface area contributed by atoms with Gasteiger partial charge in [0, 0.05) is 25.0 Å². The zero-order valence-corrected chi connectivity index (χ0v) is 11.7. The minimum Gasteiger partial charge on any atom is -0.391 e. The van der Waals surface area contributed by atoms with Crippen LogP contribution < -0.4 is 17.2 Å². The van der Waals surface area contributed by atoms with Crippen LogP contribution in [0.1, 0.15) is 12.8 Å². The molecule has 2 fully saturated rings. The third-order valence-electron chi connectivity index (χ3n) is 4.20. The lowest BCUT2D eigenvalue weighted by atomic mass is 9.87. The molecule has 1 saturated carbocycles. The number of rotatable bonds is 3. The van der Waals surface area contributed by atoms with Gasteiger partial charge < -0.3 is 47.1 Å². The first-order chi connectivity index (χ1) is 9.85. The lowest BCUT2D eigenvalue weighted by Gasteiger charge is -2.43. The predicted molar refractivity (Wildman–Crippen MR) is 71.8 cm³/mol. The van der Waals surface area contributed by atoms with Crippen molar-refractivity contribution in [3.8, 4) is 0 Å². The molecule has 124 valence electrons. The highest BCUT2D eigenvalue weighted by molar-refractivity contribution is 4.94. The second-order valence-corrected chi connectivity index (χ2v) is 5.79. The van der Waals surface area contributed by atoms with E-state index in [0.717, 1.165) is 0 Å². The topological polar surface area (TPSA) is 177 Å².